The highest BCUT2D eigenvalue weighted by atomic mass is 16.1. The van der Waals surface area contributed by atoms with Crippen molar-refractivity contribution in [2.24, 2.45) is 23.0 Å². The number of nitrogens with one attached hydrogen (secondary N) is 1. The summed E-state index contributed by atoms with van der Waals surface area (Å²) in [6.45, 7) is 6.97. The molecule has 0 heterocycles. The van der Waals surface area contributed by atoms with Crippen molar-refractivity contribution < 1.29 is 4.79 Å². The van der Waals surface area contributed by atoms with Crippen LogP contribution in [0.25, 0.3) is 0 Å². The lowest BCUT2D eigenvalue weighted by Gasteiger charge is -2.36. The second kappa shape index (κ2) is 7.06. The fourth-order valence-corrected chi connectivity index (χ4v) is 3.13. The van der Waals surface area contributed by atoms with Crippen LogP contribution in [0.5, 0.6) is 0 Å². The molecule has 0 aromatic rings. The molecule has 0 unspecified atom stereocenters. The number of rotatable bonds is 6. The maximum absolute atomic E-state index is 11.9. The van der Waals surface area contributed by atoms with Gasteiger partial charge in [0.2, 0.25) is 0 Å². The van der Waals surface area contributed by atoms with E-state index in [9.17, 15) is 4.79 Å². The van der Waals surface area contributed by atoms with Crippen molar-refractivity contribution in [1.82, 2.24) is 0 Å². The van der Waals surface area contributed by atoms with Crippen LogP contribution in [-0.2, 0) is 4.79 Å². The maximum atomic E-state index is 11.9. The van der Waals surface area contributed by atoms with Crippen LogP contribution < -0.4 is 5.73 Å². The van der Waals surface area contributed by atoms with E-state index in [-0.39, 0.29) is 5.84 Å². The van der Waals surface area contributed by atoms with E-state index in [0.29, 0.717) is 30.0 Å². The number of carbonyl (C=O) groups excluding carboxylic acids is 1. The first-order valence-electron chi connectivity index (χ1n) is 7.63. The third-order valence-corrected chi connectivity index (χ3v) is 4.49. The van der Waals surface area contributed by atoms with Gasteiger partial charge in [-0.2, -0.15) is 0 Å². The van der Waals surface area contributed by atoms with Gasteiger partial charge in [-0.3, -0.25) is 10.2 Å². The van der Waals surface area contributed by atoms with Gasteiger partial charge >= 0.3 is 0 Å². The van der Waals surface area contributed by atoms with Gasteiger partial charge in [0.05, 0.1) is 5.84 Å². The summed E-state index contributed by atoms with van der Waals surface area (Å²) in [6, 6.07) is 0. The Balaban J connectivity index is 2.22. The molecule has 0 aromatic heterocycles. The lowest BCUT2D eigenvalue weighted by Crippen LogP contribution is -2.26. The van der Waals surface area contributed by atoms with Crippen molar-refractivity contribution in [3.8, 4) is 0 Å². The van der Waals surface area contributed by atoms with Crippen molar-refractivity contribution in [2.75, 3.05) is 0 Å². The van der Waals surface area contributed by atoms with Gasteiger partial charge < -0.3 is 5.73 Å². The molecule has 1 aliphatic carbocycles. The fourth-order valence-electron chi connectivity index (χ4n) is 3.13. The Morgan fingerprint density at radius 1 is 1.16 bits per heavy atom. The molecule has 19 heavy (non-hydrogen) atoms. The van der Waals surface area contributed by atoms with Gasteiger partial charge in [0.1, 0.15) is 5.78 Å². The Bertz CT molecular complexity index is 309. The van der Waals surface area contributed by atoms with Gasteiger partial charge in [-0.25, -0.2) is 0 Å². The first-order chi connectivity index (χ1) is 8.79. The molecular weight excluding hydrogens is 236 g/mol. The molecule has 0 atom stereocenters. The summed E-state index contributed by atoms with van der Waals surface area (Å²) in [5.41, 5.74) is 5.70. The van der Waals surface area contributed by atoms with Gasteiger partial charge in [-0.1, -0.05) is 20.8 Å². The standard InChI is InChI=1S/C16H30N2O/c1-16(2,3)13-9-7-12(8-10-13)11-14(19)5-4-6-15(17)18/h12-13H,4-11H2,1-3H3,(H3,17,18). The van der Waals surface area contributed by atoms with Crippen LogP contribution in [0.1, 0.15) is 72.1 Å². The smallest absolute Gasteiger partial charge is 0.133 e. The van der Waals surface area contributed by atoms with Gasteiger partial charge in [0.15, 0.2) is 0 Å². The lowest BCUT2D eigenvalue weighted by atomic mass is 9.69. The van der Waals surface area contributed by atoms with E-state index in [1.54, 1.807) is 0 Å². The number of carbonyl (C=O) groups is 1. The molecule has 1 saturated carbocycles. The van der Waals surface area contributed by atoms with E-state index in [0.717, 1.165) is 18.8 Å². The molecule has 0 radical (unpaired) electrons. The van der Waals surface area contributed by atoms with Crippen LogP contribution >= 0.6 is 0 Å². The second-order valence-corrected chi connectivity index (χ2v) is 7.21. The zero-order valence-corrected chi connectivity index (χ0v) is 12.8. The molecule has 1 fully saturated rings. The minimum atomic E-state index is 0.193. The molecule has 3 heteroatoms. The van der Waals surface area contributed by atoms with Crippen LogP contribution in [-0.4, -0.2) is 11.6 Å². The topological polar surface area (TPSA) is 66.9 Å². The average Bonchev–Trinajstić information content (AvgIpc) is 2.27. The maximum Gasteiger partial charge on any atom is 0.133 e. The summed E-state index contributed by atoms with van der Waals surface area (Å²) in [5, 5.41) is 7.14. The molecule has 0 bridgehead atoms. The van der Waals surface area contributed by atoms with E-state index >= 15 is 0 Å². The third-order valence-electron chi connectivity index (χ3n) is 4.49. The highest BCUT2D eigenvalue weighted by molar-refractivity contribution is 5.80. The zero-order valence-electron chi connectivity index (χ0n) is 12.8. The van der Waals surface area contributed by atoms with Crippen molar-refractivity contribution in [3.05, 3.63) is 0 Å². The number of nitrogens with two attached hydrogens (primary N) is 1. The second-order valence-electron chi connectivity index (χ2n) is 7.21. The van der Waals surface area contributed by atoms with E-state index in [1.807, 2.05) is 0 Å². The minimum Gasteiger partial charge on any atom is -0.388 e. The van der Waals surface area contributed by atoms with Crippen LogP contribution in [0.4, 0.5) is 0 Å². The number of ketones is 1. The number of amidine groups is 1. The fraction of sp³-hybridized carbons (Fsp3) is 0.875. The summed E-state index contributed by atoms with van der Waals surface area (Å²) in [5.74, 6) is 1.97. The SMILES string of the molecule is CC(C)(C)C1CCC(CC(=O)CCCC(=N)N)CC1. The summed E-state index contributed by atoms with van der Waals surface area (Å²) in [6.07, 6.45) is 7.60. The van der Waals surface area contributed by atoms with Gasteiger partial charge in [0.25, 0.3) is 0 Å². The van der Waals surface area contributed by atoms with Crippen molar-refractivity contribution in [2.45, 2.75) is 72.1 Å². The molecule has 3 N–H and O–H groups in total. The summed E-state index contributed by atoms with van der Waals surface area (Å²) in [7, 11) is 0. The number of Topliss-reactive ketones (excluding diaryl/α,β-unsaturated/α-hetero) is 1. The van der Waals surface area contributed by atoms with Crippen LogP contribution in [0.2, 0.25) is 0 Å². The Kier molecular flexibility index (Phi) is 6.02. The molecule has 0 spiro atoms. The molecule has 110 valence electrons. The molecule has 0 amide bonds. The highest BCUT2D eigenvalue weighted by Gasteiger charge is 2.30. The first kappa shape index (κ1) is 16.2. The molecule has 1 aliphatic rings. The molecule has 0 aliphatic heterocycles. The van der Waals surface area contributed by atoms with Gasteiger partial charge in [-0.15, -0.1) is 0 Å². The zero-order chi connectivity index (χ0) is 14.5. The highest BCUT2D eigenvalue weighted by Crippen LogP contribution is 2.40. The number of hydrogen-bond donors (Lipinski definition) is 2. The van der Waals surface area contributed by atoms with Crippen molar-refractivity contribution in [3.63, 3.8) is 0 Å². The number of hydrogen-bond acceptors (Lipinski definition) is 2. The Labute approximate surface area is 117 Å². The van der Waals surface area contributed by atoms with Crippen LogP contribution in [0, 0.1) is 22.7 Å². The largest absolute Gasteiger partial charge is 0.388 e. The predicted octanol–water partition coefficient (Wildman–Crippen LogP) is 3.90. The van der Waals surface area contributed by atoms with E-state index < -0.39 is 0 Å². The quantitative estimate of drug-likeness (QED) is 0.565. The monoisotopic (exact) mass is 266 g/mol. The lowest BCUT2D eigenvalue weighted by molar-refractivity contribution is -0.120. The van der Waals surface area contributed by atoms with Crippen molar-refractivity contribution >= 4 is 11.6 Å². The van der Waals surface area contributed by atoms with E-state index in [2.05, 4.69) is 20.8 Å². The van der Waals surface area contributed by atoms with Crippen LogP contribution in [0.3, 0.4) is 0 Å². The summed E-state index contributed by atoms with van der Waals surface area (Å²) in [4.78, 5) is 11.9. The molecular formula is C16H30N2O. The molecule has 3 nitrogen and oxygen atoms in total. The summed E-state index contributed by atoms with van der Waals surface area (Å²) >= 11 is 0. The van der Waals surface area contributed by atoms with Gasteiger partial charge in [0, 0.05) is 19.3 Å². The first-order valence-corrected chi connectivity index (χ1v) is 7.63. The predicted molar refractivity (Wildman–Crippen MR) is 80.3 cm³/mol. The molecule has 0 aromatic carbocycles. The van der Waals surface area contributed by atoms with Crippen molar-refractivity contribution in [1.29, 1.82) is 5.41 Å². The third kappa shape index (κ3) is 6.22. The average molecular weight is 266 g/mol. The van der Waals surface area contributed by atoms with E-state index in [4.69, 9.17) is 11.1 Å². The van der Waals surface area contributed by atoms with E-state index in [1.165, 1.54) is 25.7 Å². The summed E-state index contributed by atoms with van der Waals surface area (Å²) < 4.78 is 0. The molecule has 0 saturated heterocycles. The molecule has 1 rings (SSSR count). The Morgan fingerprint density at radius 3 is 2.21 bits per heavy atom. The normalized spacial score (nSPS) is 24.2. The Morgan fingerprint density at radius 2 is 1.74 bits per heavy atom. The van der Waals surface area contributed by atoms with Crippen LogP contribution in [0.15, 0.2) is 0 Å². The Hall–Kier alpha value is -0.860. The van der Waals surface area contributed by atoms with Gasteiger partial charge in [-0.05, 0) is 49.4 Å². The minimum absolute atomic E-state index is 0.193.